The summed E-state index contributed by atoms with van der Waals surface area (Å²) >= 11 is 3.29. The van der Waals surface area contributed by atoms with Gasteiger partial charge in [0.05, 0.1) is 18.1 Å². The number of rotatable bonds is 5. The molecule has 2 aromatic rings. The molecular weight excluding hydrogens is 392 g/mol. The van der Waals surface area contributed by atoms with E-state index in [9.17, 15) is 8.42 Å². The third-order valence-corrected chi connectivity index (χ3v) is 5.69. The summed E-state index contributed by atoms with van der Waals surface area (Å²) in [4.78, 5) is 2.55. The van der Waals surface area contributed by atoms with Crippen LogP contribution in [0.15, 0.2) is 57.9 Å². The fourth-order valence-corrected chi connectivity index (χ4v) is 4.20. The van der Waals surface area contributed by atoms with Crippen molar-refractivity contribution >= 4 is 31.6 Å². The molecule has 0 saturated carbocycles. The van der Waals surface area contributed by atoms with Crippen molar-refractivity contribution in [3.63, 3.8) is 0 Å². The van der Waals surface area contributed by atoms with Crippen molar-refractivity contribution in [3.8, 4) is 0 Å². The summed E-state index contributed by atoms with van der Waals surface area (Å²) in [6.07, 6.45) is 0. The zero-order valence-electron chi connectivity index (χ0n) is 13.1. The maximum atomic E-state index is 12.4. The van der Waals surface area contributed by atoms with Gasteiger partial charge in [0.15, 0.2) is 0 Å². The molecule has 0 radical (unpaired) electrons. The molecule has 24 heavy (non-hydrogen) atoms. The molecule has 0 amide bonds. The highest BCUT2D eigenvalue weighted by Gasteiger charge is 2.15. The molecule has 1 heterocycles. The number of halogens is 1. The molecule has 0 atom stereocenters. The third-order valence-electron chi connectivity index (χ3n) is 3.82. The minimum absolute atomic E-state index is 0.231. The lowest BCUT2D eigenvalue weighted by Crippen LogP contribution is -2.35. The topological polar surface area (TPSA) is 58.6 Å². The molecule has 2 aromatic carbocycles. The molecular formula is C17H19BrN2O3S. The Kier molecular flexibility index (Phi) is 5.55. The standard InChI is InChI=1S/C17H19BrN2O3S/c18-15-2-1-3-17(12-15)24(21,22)19-16-6-4-14(5-7-16)13-20-8-10-23-11-9-20/h1-7,12,19H,8-11,13H2. The van der Waals surface area contributed by atoms with Crippen molar-refractivity contribution < 1.29 is 13.2 Å². The predicted octanol–water partition coefficient (Wildman–Crippen LogP) is 3.08. The molecule has 0 aromatic heterocycles. The van der Waals surface area contributed by atoms with Crippen molar-refractivity contribution in [1.29, 1.82) is 0 Å². The fourth-order valence-electron chi connectivity index (χ4n) is 2.54. The van der Waals surface area contributed by atoms with Crippen molar-refractivity contribution in [2.75, 3.05) is 31.0 Å². The molecule has 128 valence electrons. The van der Waals surface area contributed by atoms with E-state index in [-0.39, 0.29) is 4.90 Å². The van der Waals surface area contributed by atoms with E-state index < -0.39 is 10.0 Å². The van der Waals surface area contributed by atoms with Crippen LogP contribution in [0.3, 0.4) is 0 Å². The maximum absolute atomic E-state index is 12.4. The van der Waals surface area contributed by atoms with Gasteiger partial charge < -0.3 is 4.74 Å². The van der Waals surface area contributed by atoms with Gasteiger partial charge in [-0.05, 0) is 35.9 Å². The molecule has 7 heteroatoms. The number of nitrogens with zero attached hydrogens (tertiary/aromatic N) is 1. The number of hydrogen-bond donors (Lipinski definition) is 1. The van der Waals surface area contributed by atoms with Crippen LogP contribution in [-0.2, 0) is 21.3 Å². The lowest BCUT2D eigenvalue weighted by Gasteiger charge is -2.26. The Bertz CT molecular complexity index is 788. The highest BCUT2D eigenvalue weighted by atomic mass is 79.9. The fraction of sp³-hybridized carbons (Fsp3) is 0.294. The van der Waals surface area contributed by atoms with Crippen LogP contribution in [0.25, 0.3) is 0 Å². The molecule has 1 fully saturated rings. The van der Waals surface area contributed by atoms with Crippen LogP contribution in [0.2, 0.25) is 0 Å². The van der Waals surface area contributed by atoms with Crippen LogP contribution < -0.4 is 4.72 Å². The van der Waals surface area contributed by atoms with E-state index in [2.05, 4.69) is 25.6 Å². The Labute approximate surface area is 150 Å². The summed E-state index contributed by atoms with van der Waals surface area (Å²) in [5.74, 6) is 0. The van der Waals surface area contributed by atoms with Gasteiger partial charge in [-0.2, -0.15) is 0 Å². The lowest BCUT2D eigenvalue weighted by molar-refractivity contribution is 0.0342. The van der Waals surface area contributed by atoms with Gasteiger partial charge in [0.2, 0.25) is 0 Å². The average Bonchev–Trinajstić information content (AvgIpc) is 2.57. The lowest BCUT2D eigenvalue weighted by atomic mass is 10.2. The first-order chi connectivity index (χ1) is 11.5. The van der Waals surface area contributed by atoms with E-state index in [1.165, 1.54) is 0 Å². The van der Waals surface area contributed by atoms with Crippen LogP contribution in [0, 0.1) is 0 Å². The number of morpholine rings is 1. The van der Waals surface area contributed by atoms with Crippen molar-refractivity contribution in [1.82, 2.24) is 4.90 Å². The first-order valence-electron chi connectivity index (χ1n) is 7.70. The highest BCUT2D eigenvalue weighted by Crippen LogP contribution is 2.20. The van der Waals surface area contributed by atoms with Crippen LogP contribution >= 0.6 is 15.9 Å². The summed E-state index contributed by atoms with van der Waals surface area (Å²) in [5.41, 5.74) is 1.71. The van der Waals surface area contributed by atoms with E-state index in [1.54, 1.807) is 36.4 Å². The zero-order valence-corrected chi connectivity index (χ0v) is 15.5. The largest absolute Gasteiger partial charge is 0.379 e. The van der Waals surface area contributed by atoms with Gasteiger partial charge in [-0.15, -0.1) is 0 Å². The SMILES string of the molecule is O=S(=O)(Nc1ccc(CN2CCOCC2)cc1)c1cccc(Br)c1. The van der Waals surface area contributed by atoms with E-state index in [4.69, 9.17) is 4.74 Å². The van der Waals surface area contributed by atoms with E-state index in [0.29, 0.717) is 5.69 Å². The average molecular weight is 411 g/mol. The minimum Gasteiger partial charge on any atom is -0.379 e. The number of sulfonamides is 1. The van der Waals surface area contributed by atoms with Gasteiger partial charge in [-0.1, -0.05) is 34.1 Å². The molecule has 0 bridgehead atoms. The number of ether oxygens (including phenoxy) is 1. The van der Waals surface area contributed by atoms with Gasteiger partial charge in [-0.25, -0.2) is 8.42 Å². The molecule has 0 spiro atoms. The van der Waals surface area contributed by atoms with Crippen molar-refractivity contribution in [2.24, 2.45) is 0 Å². The van der Waals surface area contributed by atoms with E-state index in [1.807, 2.05) is 12.1 Å². The molecule has 1 aliphatic rings. The van der Waals surface area contributed by atoms with Crippen molar-refractivity contribution in [3.05, 3.63) is 58.6 Å². The maximum Gasteiger partial charge on any atom is 0.261 e. The molecule has 0 aliphatic carbocycles. The Morgan fingerprint density at radius 3 is 2.46 bits per heavy atom. The number of anilines is 1. The Balaban J connectivity index is 1.67. The summed E-state index contributed by atoms with van der Waals surface area (Å²) in [7, 11) is -3.58. The van der Waals surface area contributed by atoms with Gasteiger partial charge in [0.25, 0.3) is 10.0 Å². The summed E-state index contributed by atoms with van der Waals surface area (Å²) in [5, 5.41) is 0. The molecule has 1 N–H and O–H groups in total. The van der Waals surface area contributed by atoms with Crippen LogP contribution in [-0.4, -0.2) is 39.6 Å². The highest BCUT2D eigenvalue weighted by molar-refractivity contribution is 9.10. The predicted molar refractivity (Wildman–Crippen MR) is 97.5 cm³/mol. The minimum atomic E-state index is -3.58. The van der Waals surface area contributed by atoms with Crippen LogP contribution in [0.5, 0.6) is 0 Å². The quantitative estimate of drug-likeness (QED) is 0.822. The first-order valence-corrected chi connectivity index (χ1v) is 9.98. The van der Waals surface area contributed by atoms with Gasteiger partial charge in [0.1, 0.15) is 0 Å². The Morgan fingerprint density at radius 1 is 1.08 bits per heavy atom. The summed E-state index contributed by atoms with van der Waals surface area (Å²) < 4.78 is 33.5. The smallest absolute Gasteiger partial charge is 0.261 e. The van der Waals surface area contributed by atoms with E-state index >= 15 is 0 Å². The van der Waals surface area contributed by atoms with Gasteiger partial charge in [0, 0.05) is 29.8 Å². The molecule has 1 aliphatic heterocycles. The number of nitrogens with one attached hydrogen (secondary N) is 1. The number of benzene rings is 2. The van der Waals surface area contributed by atoms with Gasteiger partial charge in [-0.3, -0.25) is 9.62 Å². The second kappa shape index (κ2) is 7.65. The normalized spacial score (nSPS) is 16.0. The monoisotopic (exact) mass is 410 g/mol. The summed E-state index contributed by atoms with van der Waals surface area (Å²) in [6, 6.07) is 14.1. The van der Waals surface area contributed by atoms with Gasteiger partial charge >= 0.3 is 0 Å². The molecule has 3 rings (SSSR count). The molecule has 0 unspecified atom stereocenters. The molecule has 5 nitrogen and oxygen atoms in total. The van der Waals surface area contributed by atoms with Crippen LogP contribution in [0.1, 0.15) is 5.56 Å². The Hall–Kier alpha value is -1.41. The zero-order chi connectivity index (χ0) is 17.0. The Morgan fingerprint density at radius 2 is 1.79 bits per heavy atom. The van der Waals surface area contributed by atoms with E-state index in [0.717, 1.165) is 42.9 Å². The van der Waals surface area contributed by atoms with Crippen LogP contribution in [0.4, 0.5) is 5.69 Å². The molecule has 1 saturated heterocycles. The third kappa shape index (κ3) is 4.57. The first kappa shape index (κ1) is 17.4. The summed E-state index contributed by atoms with van der Waals surface area (Å²) in [6.45, 7) is 4.24. The second-order valence-electron chi connectivity index (χ2n) is 5.65. The number of hydrogen-bond acceptors (Lipinski definition) is 4. The van der Waals surface area contributed by atoms with Crippen molar-refractivity contribution in [2.45, 2.75) is 11.4 Å². The second-order valence-corrected chi connectivity index (χ2v) is 8.25.